The van der Waals surface area contributed by atoms with Gasteiger partial charge in [0, 0.05) is 13.2 Å². The van der Waals surface area contributed by atoms with Crippen LogP contribution in [0.3, 0.4) is 0 Å². The zero-order chi connectivity index (χ0) is 9.84. The van der Waals surface area contributed by atoms with E-state index < -0.39 is 0 Å². The number of aliphatic hydroxyl groups is 1. The molecule has 3 N–H and O–H groups in total. The van der Waals surface area contributed by atoms with Crippen LogP contribution in [-0.4, -0.2) is 31.0 Å². The van der Waals surface area contributed by atoms with Crippen molar-refractivity contribution in [2.24, 2.45) is 23.5 Å². The minimum Gasteiger partial charge on any atom is -0.392 e. The fourth-order valence-electron chi connectivity index (χ4n) is 1.97. The van der Waals surface area contributed by atoms with E-state index in [0.29, 0.717) is 18.4 Å². The molecule has 0 aromatic heterocycles. The molecule has 0 aromatic carbocycles. The van der Waals surface area contributed by atoms with Crippen LogP contribution in [-0.2, 0) is 4.74 Å². The number of hydrogen-bond acceptors (Lipinski definition) is 3. The predicted molar refractivity (Wildman–Crippen MR) is 52.3 cm³/mol. The second-order valence-electron chi connectivity index (χ2n) is 4.21. The van der Waals surface area contributed by atoms with Crippen molar-refractivity contribution in [2.75, 3.05) is 19.8 Å². The van der Waals surface area contributed by atoms with Gasteiger partial charge in [-0.3, -0.25) is 0 Å². The minimum absolute atomic E-state index is 0.200. The van der Waals surface area contributed by atoms with Crippen molar-refractivity contribution in [3.63, 3.8) is 0 Å². The Morgan fingerprint density at radius 1 is 1.62 bits per heavy atom. The third-order valence-electron chi connectivity index (χ3n) is 3.10. The monoisotopic (exact) mass is 187 g/mol. The molecule has 0 amide bonds. The molecular weight excluding hydrogens is 166 g/mol. The number of aliphatic hydroxyl groups excluding tert-OH is 1. The molecule has 1 aliphatic heterocycles. The molecule has 0 bridgehead atoms. The Hall–Kier alpha value is -0.120. The summed E-state index contributed by atoms with van der Waals surface area (Å²) in [5, 5.41) is 9.98. The van der Waals surface area contributed by atoms with E-state index in [4.69, 9.17) is 10.5 Å². The molecule has 4 unspecified atom stereocenters. The van der Waals surface area contributed by atoms with Crippen LogP contribution >= 0.6 is 0 Å². The van der Waals surface area contributed by atoms with Gasteiger partial charge in [-0.05, 0) is 30.7 Å². The number of nitrogens with two attached hydrogens (primary N) is 1. The van der Waals surface area contributed by atoms with E-state index in [-0.39, 0.29) is 12.0 Å². The molecular formula is C10H21NO2. The van der Waals surface area contributed by atoms with Gasteiger partial charge in [0.2, 0.25) is 0 Å². The molecule has 1 saturated heterocycles. The fourth-order valence-corrected chi connectivity index (χ4v) is 1.97. The first-order chi connectivity index (χ1) is 6.16. The summed E-state index contributed by atoms with van der Waals surface area (Å²) in [6.07, 6.45) is 0.705. The largest absolute Gasteiger partial charge is 0.392 e. The third-order valence-corrected chi connectivity index (χ3v) is 3.10. The van der Waals surface area contributed by atoms with Crippen LogP contribution in [0.2, 0.25) is 0 Å². The molecule has 0 aromatic rings. The number of ether oxygens (including phenoxy) is 1. The lowest BCUT2D eigenvalue weighted by atomic mass is 9.80. The standard InChI is InChI=1S/C10H21NO2/c1-7(5-11)10(12)9-3-4-13-6-8(9)2/h7-10,12H,3-6,11H2,1-2H3. The fraction of sp³-hybridized carbons (Fsp3) is 1.00. The molecule has 4 atom stereocenters. The van der Waals surface area contributed by atoms with E-state index in [9.17, 15) is 5.11 Å². The first kappa shape index (κ1) is 11.0. The molecule has 3 nitrogen and oxygen atoms in total. The summed E-state index contributed by atoms with van der Waals surface area (Å²) < 4.78 is 5.33. The first-order valence-corrected chi connectivity index (χ1v) is 5.12. The van der Waals surface area contributed by atoms with Crippen molar-refractivity contribution in [3.05, 3.63) is 0 Å². The van der Waals surface area contributed by atoms with Gasteiger partial charge in [0.25, 0.3) is 0 Å². The van der Waals surface area contributed by atoms with Crippen LogP contribution in [0, 0.1) is 17.8 Å². The molecule has 0 saturated carbocycles. The molecule has 1 aliphatic rings. The van der Waals surface area contributed by atoms with Gasteiger partial charge in [0.15, 0.2) is 0 Å². The summed E-state index contributed by atoms with van der Waals surface area (Å²) in [4.78, 5) is 0. The lowest BCUT2D eigenvalue weighted by Crippen LogP contribution is -2.39. The maximum absolute atomic E-state index is 9.98. The average molecular weight is 187 g/mol. The Labute approximate surface area is 80.3 Å². The number of hydrogen-bond donors (Lipinski definition) is 2. The summed E-state index contributed by atoms with van der Waals surface area (Å²) in [6.45, 7) is 6.26. The van der Waals surface area contributed by atoms with Gasteiger partial charge >= 0.3 is 0 Å². The van der Waals surface area contributed by atoms with Crippen molar-refractivity contribution in [1.82, 2.24) is 0 Å². The van der Waals surface area contributed by atoms with Crippen LogP contribution in [0.5, 0.6) is 0 Å². The smallest absolute Gasteiger partial charge is 0.0610 e. The quantitative estimate of drug-likeness (QED) is 0.681. The summed E-state index contributed by atoms with van der Waals surface area (Å²) >= 11 is 0. The summed E-state index contributed by atoms with van der Waals surface area (Å²) in [5.74, 6) is 1.02. The molecule has 0 radical (unpaired) electrons. The highest BCUT2D eigenvalue weighted by molar-refractivity contribution is 4.80. The Kier molecular flexibility index (Phi) is 4.16. The van der Waals surface area contributed by atoms with Crippen molar-refractivity contribution in [3.8, 4) is 0 Å². The molecule has 78 valence electrons. The van der Waals surface area contributed by atoms with Crippen molar-refractivity contribution in [2.45, 2.75) is 26.4 Å². The molecule has 1 heterocycles. The predicted octanol–water partition coefficient (Wildman–Crippen LogP) is 0.615. The highest BCUT2D eigenvalue weighted by atomic mass is 16.5. The third kappa shape index (κ3) is 2.66. The maximum atomic E-state index is 9.98. The highest BCUT2D eigenvalue weighted by Gasteiger charge is 2.30. The van der Waals surface area contributed by atoms with Crippen LogP contribution in [0.25, 0.3) is 0 Å². The minimum atomic E-state index is -0.260. The number of rotatable bonds is 3. The molecule has 0 aliphatic carbocycles. The van der Waals surface area contributed by atoms with E-state index >= 15 is 0 Å². The normalized spacial score (nSPS) is 34.2. The van der Waals surface area contributed by atoms with Gasteiger partial charge in [-0.2, -0.15) is 0 Å². The molecule has 13 heavy (non-hydrogen) atoms. The van der Waals surface area contributed by atoms with Crippen molar-refractivity contribution < 1.29 is 9.84 Å². The molecule has 3 heteroatoms. The van der Waals surface area contributed by atoms with E-state index in [1.807, 2.05) is 6.92 Å². The van der Waals surface area contributed by atoms with Gasteiger partial charge in [-0.1, -0.05) is 13.8 Å². The van der Waals surface area contributed by atoms with E-state index in [1.54, 1.807) is 0 Å². The molecule has 0 spiro atoms. The van der Waals surface area contributed by atoms with Gasteiger partial charge in [0.05, 0.1) is 6.10 Å². The van der Waals surface area contributed by atoms with Gasteiger partial charge in [0.1, 0.15) is 0 Å². The Morgan fingerprint density at radius 2 is 2.31 bits per heavy atom. The summed E-state index contributed by atoms with van der Waals surface area (Å²) in [7, 11) is 0. The maximum Gasteiger partial charge on any atom is 0.0610 e. The highest BCUT2D eigenvalue weighted by Crippen LogP contribution is 2.27. The van der Waals surface area contributed by atoms with E-state index in [1.165, 1.54) is 0 Å². The lowest BCUT2D eigenvalue weighted by molar-refractivity contribution is -0.0463. The molecule has 1 rings (SSSR count). The topological polar surface area (TPSA) is 55.5 Å². The lowest BCUT2D eigenvalue weighted by Gasteiger charge is -2.34. The second-order valence-corrected chi connectivity index (χ2v) is 4.21. The van der Waals surface area contributed by atoms with Gasteiger partial charge in [-0.25, -0.2) is 0 Å². The van der Waals surface area contributed by atoms with Crippen molar-refractivity contribution >= 4 is 0 Å². The van der Waals surface area contributed by atoms with Gasteiger partial charge in [-0.15, -0.1) is 0 Å². The summed E-state index contributed by atoms with van der Waals surface area (Å²) in [6, 6.07) is 0. The zero-order valence-electron chi connectivity index (χ0n) is 8.57. The Bertz CT molecular complexity index is 152. The van der Waals surface area contributed by atoms with Crippen LogP contribution in [0.4, 0.5) is 0 Å². The van der Waals surface area contributed by atoms with Gasteiger partial charge < -0.3 is 15.6 Å². The zero-order valence-corrected chi connectivity index (χ0v) is 8.57. The van der Waals surface area contributed by atoms with Crippen LogP contribution in [0.15, 0.2) is 0 Å². The van der Waals surface area contributed by atoms with E-state index in [0.717, 1.165) is 19.6 Å². The average Bonchev–Trinajstić information content (AvgIpc) is 2.16. The first-order valence-electron chi connectivity index (χ1n) is 5.12. The van der Waals surface area contributed by atoms with Crippen molar-refractivity contribution in [1.29, 1.82) is 0 Å². The second kappa shape index (κ2) is 4.94. The Balaban J connectivity index is 2.47. The van der Waals surface area contributed by atoms with E-state index in [2.05, 4.69) is 6.92 Å². The Morgan fingerprint density at radius 3 is 2.85 bits per heavy atom. The summed E-state index contributed by atoms with van der Waals surface area (Å²) in [5.41, 5.74) is 5.53. The SMILES string of the molecule is CC(CN)C(O)C1CCOCC1C. The van der Waals surface area contributed by atoms with Crippen LogP contribution in [0.1, 0.15) is 20.3 Å². The van der Waals surface area contributed by atoms with Crippen LogP contribution < -0.4 is 5.73 Å². The molecule has 1 fully saturated rings.